The molecule has 0 saturated heterocycles. The predicted octanol–water partition coefficient (Wildman–Crippen LogP) is 4.74. The standard InChI is InChI=1S/C25H26N2O4S/c1-3-31-19-11-9-18(10-12-19)23(28)26-24-22(25(29)30-2)20-13-14-27(16-21(20)32-24)15-17-7-5-4-6-8-17/h4-12H,3,13-16H2,1-2H3,(H,26,28). The van der Waals surface area contributed by atoms with E-state index in [9.17, 15) is 9.59 Å². The number of thiophene rings is 1. The van der Waals surface area contributed by atoms with Gasteiger partial charge in [-0.2, -0.15) is 0 Å². The molecule has 0 radical (unpaired) electrons. The van der Waals surface area contributed by atoms with Gasteiger partial charge in [0.1, 0.15) is 10.8 Å². The lowest BCUT2D eigenvalue weighted by atomic mass is 10.0. The number of ether oxygens (including phenoxy) is 2. The minimum absolute atomic E-state index is 0.266. The Balaban J connectivity index is 1.55. The van der Waals surface area contributed by atoms with Crippen LogP contribution in [-0.4, -0.2) is 37.0 Å². The summed E-state index contributed by atoms with van der Waals surface area (Å²) < 4.78 is 10.5. The van der Waals surface area contributed by atoms with Gasteiger partial charge in [0, 0.05) is 30.1 Å². The molecule has 2 aromatic carbocycles. The Morgan fingerprint density at radius 3 is 2.53 bits per heavy atom. The summed E-state index contributed by atoms with van der Waals surface area (Å²) >= 11 is 1.46. The summed E-state index contributed by atoms with van der Waals surface area (Å²) in [5.74, 6) is 0.0309. The van der Waals surface area contributed by atoms with Crippen LogP contribution in [0.1, 0.15) is 43.6 Å². The van der Waals surface area contributed by atoms with Gasteiger partial charge < -0.3 is 14.8 Å². The van der Waals surface area contributed by atoms with Gasteiger partial charge in [-0.15, -0.1) is 11.3 Å². The van der Waals surface area contributed by atoms with E-state index in [-0.39, 0.29) is 5.91 Å². The lowest BCUT2D eigenvalue weighted by molar-refractivity contribution is 0.0600. The number of benzene rings is 2. The molecule has 0 atom stereocenters. The van der Waals surface area contributed by atoms with Crippen molar-refractivity contribution < 1.29 is 19.1 Å². The van der Waals surface area contributed by atoms with E-state index in [1.165, 1.54) is 24.0 Å². The smallest absolute Gasteiger partial charge is 0.341 e. The minimum atomic E-state index is -0.416. The van der Waals surface area contributed by atoms with Gasteiger partial charge in [0.15, 0.2) is 0 Å². The molecule has 1 aliphatic heterocycles. The van der Waals surface area contributed by atoms with Crippen LogP contribution in [0.15, 0.2) is 54.6 Å². The average Bonchev–Trinajstić information content (AvgIpc) is 3.17. The zero-order valence-corrected chi connectivity index (χ0v) is 19.0. The van der Waals surface area contributed by atoms with E-state index >= 15 is 0 Å². The summed E-state index contributed by atoms with van der Waals surface area (Å²) in [5, 5.41) is 3.48. The molecule has 0 saturated carbocycles. The quantitative estimate of drug-likeness (QED) is 0.527. The monoisotopic (exact) mass is 450 g/mol. The predicted molar refractivity (Wildman–Crippen MR) is 125 cm³/mol. The zero-order valence-electron chi connectivity index (χ0n) is 18.2. The number of esters is 1. The molecule has 166 valence electrons. The summed E-state index contributed by atoms with van der Waals surface area (Å²) in [5.41, 5.74) is 3.21. The van der Waals surface area contributed by atoms with Gasteiger partial charge in [0.2, 0.25) is 0 Å². The second-order valence-corrected chi connectivity index (χ2v) is 8.66. The van der Waals surface area contributed by atoms with Crippen LogP contribution in [0.4, 0.5) is 5.00 Å². The van der Waals surface area contributed by atoms with Crippen molar-refractivity contribution >= 4 is 28.2 Å². The van der Waals surface area contributed by atoms with Crippen molar-refractivity contribution in [2.75, 3.05) is 25.6 Å². The number of hydrogen-bond acceptors (Lipinski definition) is 6. The number of nitrogens with zero attached hydrogens (tertiary/aromatic N) is 1. The number of carbonyl (C=O) groups excluding carboxylic acids is 2. The number of methoxy groups -OCH3 is 1. The Hall–Kier alpha value is -3.16. The van der Waals surface area contributed by atoms with Crippen LogP contribution in [0.3, 0.4) is 0 Å². The second-order valence-electron chi connectivity index (χ2n) is 7.56. The first-order valence-electron chi connectivity index (χ1n) is 10.6. The lowest BCUT2D eigenvalue weighted by Crippen LogP contribution is -2.29. The minimum Gasteiger partial charge on any atom is -0.494 e. The van der Waals surface area contributed by atoms with Crippen molar-refractivity contribution in [3.63, 3.8) is 0 Å². The molecule has 1 aromatic heterocycles. The van der Waals surface area contributed by atoms with Crippen molar-refractivity contribution in [3.8, 4) is 5.75 Å². The average molecular weight is 451 g/mol. The van der Waals surface area contributed by atoms with Crippen LogP contribution >= 0.6 is 11.3 Å². The van der Waals surface area contributed by atoms with Gasteiger partial charge in [0.25, 0.3) is 5.91 Å². The van der Waals surface area contributed by atoms with E-state index in [1.54, 1.807) is 24.3 Å². The number of anilines is 1. The molecular formula is C25H26N2O4S. The van der Waals surface area contributed by atoms with Crippen molar-refractivity contribution in [1.29, 1.82) is 0 Å². The van der Waals surface area contributed by atoms with Gasteiger partial charge in [-0.05, 0) is 48.7 Å². The van der Waals surface area contributed by atoms with Gasteiger partial charge in [-0.1, -0.05) is 30.3 Å². The van der Waals surface area contributed by atoms with Gasteiger partial charge in [-0.3, -0.25) is 9.69 Å². The van der Waals surface area contributed by atoms with Crippen molar-refractivity contribution in [2.45, 2.75) is 26.4 Å². The number of nitrogens with one attached hydrogen (secondary N) is 1. The van der Waals surface area contributed by atoms with Crippen LogP contribution in [0.2, 0.25) is 0 Å². The Kier molecular flexibility index (Phi) is 6.87. The van der Waals surface area contributed by atoms with E-state index in [4.69, 9.17) is 9.47 Å². The molecule has 1 N–H and O–H groups in total. The molecule has 6 nitrogen and oxygen atoms in total. The van der Waals surface area contributed by atoms with Gasteiger partial charge in [0.05, 0.1) is 19.3 Å². The van der Waals surface area contributed by atoms with E-state index in [0.717, 1.165) is 36.5 Å². The Morgan fingerprint density at radius 2 is 1.84 bits per heavy atom. The second kappa shape index (κ2) is 9.97. The number of carbonyl (C=O) groups is 2. The third kappa shape index (κ3) is 4.84. The molecule has 4 rings (SSSR count). The molecule has 3 aromatic rings. The first-order valence-corrected chi connectivity index (χ1v) is 11.4. The maximum atomic E-state index is 12.9. The summed E-state index contributed by atoms with van der Waals surface area (Å²) in [6.07, 6.45) is 0.738. The third-order valence-electron chi connectivity index (χ3n) is 5.43. The van der Waals surface area contributed by atoms with Crippen LogP contribution < -0.4 is 10.1 Å². The zero-order chi connectivity index (χ0) is 22.5. The highest BCUT2D eigenvalue weighted by molar-refractivity contribution is 7.17. The van der Waals surface area contributed by atoms with Crippen LogP contribution in [-0.2, 0) is 24.2 Å². The maximum absolute atomic E-state index is 12.9. The molecule has 2 heterocycles. The Labute approximate surface area is 191 Å². The molecule has 0 bridgehead atoms. The van der Waals surface area contributed by atoms with E-state index in [0.29, 0.717) is 28.5 Å². The van der Waals surface area contributed by atoms with Crippen LogP contribution in [0, 0.1) is 0 Å². The molecule has 1 amide bonds. The first kappa shape index (κ1) is 22.0. The molecular weight excluding hydrogens is 424 g/mol. The maximum Gasteiger partial charge on any atom is 0.341 e. The highest BCUT2D eigenvalue weighted by Crippen LogP contribution is 2.38. The van der Waals surface area contributed by atoms with E-state index < -0.39 is 5.97 Å². The molecule has 0 unspecified atom stereocenters. The number of amides is 1. The van der Waals surface area contributed by atoms with Gasteiger partial charge >= 0.3 is 5.97 Å². The SMILES string of the molecule is CCOc1ccc(C(=O)Nc2sc3c(c2C(=O)OC)CCN(Cc2ccccc2)C3)cc1. The molecule has 1 aliphatic rings. The Morgan fingerprint density at radius 1 is 1.09 bits per heavy atom. The Bertz CT molecular complexity index is 1090. The van der Waals surface area contributed by atoms with E-state index in [2.05, 4.69) is 22.3 Å². The fourth-order valence-electron chi connectivity index (χ4n) is 3.88. The van der Waals surface area contributed by atoms with Crippen molar-refractivity contribution in [3.05, 3.63) is 81.7 Å². The number of rotatable bonds is 7. The number of hydrogen-bond donors (Lipinski definition) is 1. The fraction of sp³-hybridized carbons (Fsp3) is 0.280. The molecule has 7 heteroatoms. The van der Waals surface area contributed by atoms with Crippen molar-refractivity contribution in [2.24, 2.45) is 0 Å². The lowest BCUT2D eigenvalue weighted by Gasteiger charge is -2.27. The fourth-order valence-corrected chi connectivity index (χ4v) is 5.16. The van der Waals surface area contributed by atoms with Crippen molar-refractivity contribution in [1.82, 2.24) is 4.90 Å². The normalized spacial score (nSPS) is 13.3. The molecule has 0 spiro atoms. The summed E-state index contributed by atoms with van der Waals surface area (Å²) in [7, 11) is 1.37. The third-order valence-corrected chi connectivity index (χ3v) is 6.56. The van der Waals surface area contributed by atoms with Crippen LogP contribution in [0.5, 0.6) is 5.75 Å². The first-order chi connectivity index (χ1) is 15.6. The summed E-state index contributed by atoms with van der Waals surface area (Å²) in [6.45, 7) is 4.90. The summed E-state index contributed by atoms with van der Waals surface area (Å²) in [6, 6.07) is 17.3. The van der Waals surface area contributed by atoms with Gasteiger partial charge in [-0.25, -0.2) is 4.79 Å². The number of fused-ring (bicyclic) bond motifs is 1. The summed E-state index contributed by atoms with van der Waals surface area (Å²) in [4.78, 5) is 28.9. The molecule has 0 aliphatic carbocycles. The highest BCUT2D eigenvalue weighted by atomic mass is 32.1. The highest BCUT2D eigenvalue weighted by Gasteiger charge is 2.29. The molecule has 32 heavy (non-hydrogen) atoms. The van der Waals surface area contributed by atoms with E-state index in [1.807, 2.05) is 25.1 Å². The largest absolute Gasteiger partial charge is 0.494 e. The topological polar surface area (TPSA) is 67.9 Å². The molecule has 0 fully saturated rings. The van der Waals surface area contributed by atoms with Crippen LogP contribution in [0.25, 0.3) is 0 Å².